The van der Waals surface area contributed by atoms with E-state index in [1.165, 1.54) is 5.56 Å². The third-order valence-corrected chi connectivity index (χ3v) is 12.1. The first-order valence-electron chi connectivity index (χ1n) is 20.2. The number of carbonyl (C=O) groups excluding carboxylic acids is 4. The van der Waals surface area contributed by atoms with E-state index in [2.05, 4.69) is 34.6 Å². The molecule has 2 aliphatic heterocycles. The predicted molar refractivity (Wildman–Crippen MR) is 224 cm³/mol. The highest BCUT2D eigenvalue weighted by Crippen LogP contribution is 2.39. The number of ketones is 1. The zero-order chi connectivity index (χ0) is 39.8. The van der Waals surface area contributed by atoms with Crippen LogP contribution in [0.25, 0.3) is 22.2 Å². The molecule has 3 heterocycles. The number of aromatic amines is 1. The quantitative estimate of drug-likeness (QED) is 0.158. The number of benzene rings is 4. The number of fused-ring (bicyclic) bond motifs is 5. The van der Waals surface area contributed by atoms with E-state index in [-0.39, 0.29) is 29.9 Å². The van der Waals surface area contributed by atoms with Crippen molar-refractivity contribution in [1.29, 1.82) is 0 Å². The molecule has 294 valence electrons. The first-order valence-corrected chi connectivity index (χ1v) is 20.2. The Bertz CT molecular complexity index is 2300. The lowest BCUT2D eigenvalue weighted by molar-refractivity contribution is -0.141. The Hall–Kier alpha value is -5.58. The molecule has 3 amide bonds. The Morgan fingerprint density at radius 2 is 1.32 bits per heavy atom. The van der Waals surface area contributed by atoms with E-state index in [9.17, 15) is 19.2 Å². The highest BCUT2D eigenvalue weighted by atomic mass is 16.2. The highest BCUT2D eigenvalue weighted by molar-refractivity contribution is 6.00. The van der Waals surface area contributed by atoms with Crippen LogP contribution in [0.5, 0.6) is 0 Å². The van der Waals surface area contributed by atoms with Crippen LogP contribution in [0.3, 0.4) is 0 Å². The second-order valence-electron chi connectivity index (χ2n) is 16.3. The monoisotopic (exact) mass is 764 g/mol. The average Bonchev–Trinajstić information content (AvgIpc) is 3.98. The van der Waals surface area contributed by atoms with Gasteiger partial charge in [-0.25, -0.2) is 0 Å². The van der Waals surface area contributed by atoms with Gasteiger partial charge in [-0.2, -0.15) is 0 Å². The largest absolute Gasteiger partial charge is 0.354 e. The van der Waals surface area contributed by atoms with Crippen LogP contribution >= 0.6 is 0 Å². The molecule has 10 nitrogen and oxygen atoms in total. The molecule has 0 spiro atoms. The van der Waals surface area contributed by atoms with Crippen LogP contribution in [0.1, 0.15) is 65.6 Å². The Kier molecular flexibility index (Phi) is 10.8. The number of amides is 3. The number of aromatic nitrogens is 1. The summed E-state index contributed by atoms with van der Waals surface area (Å²) in [6.45, 7) is 1.15. The van der Waals surface area contributed by atoms with Crippen LogP contribution in [-0.2, 0) is 38.4 Å². The van der Waals surface area contributed by atoms with Gasteiger partial charge in [0.1, 0.15) is 18.1 Å². The van der Waals surface area contributed by atoms with E-state index in [0.717, 1.165) is 75.8 Å². The standard InChI is InChI=1S/C47H52N6O4/c1-50(2)43(31-13-7-5-8-14-31)46(56)52-25-11-17-39(52)41(54)28-30-19-24-38-37(27-30)36-22-20-33-29-34(21-23-35(33)42(36)49-38)48-45(55)40-18-12-26-53(40)47(57)44(51(3)4)32-15-9-6-10-16-32/h5-10,13-16,19,21,23-24,27,29,39-40,43-44,49H,11-12,17-18,20,22,25-26,28H2,1-4H3,(H,48,55)/t39-,40-,43+,44+/m0/s1. The summed E-state index contributed by atoms with van der Waals surface area (Å²) in [5, 5.41) is 4.26. The molecule has 0 saturated carbocycles. The summed E-state index contributed by atoms with van der Waals surface area (Å²) in [4.78, 5) is 66.4. The number of likely N-dealkylation sites (N-methyl/N-ethyl adjacent to an activating group) is 2. The Morgan fingerprint density at radius 3 is 1.93 bits per heavy atom. The SMILES string of the molecule is CN(C)[C@@H](C(=O)N1CCC[C@H]1C(=O)Cc1ccc2[nH]c3c(c2c1)CCc1cc(NC(=O)[C@@H]2CCCN2C(=O)[C@@H](c2ccccc2)N(C)C)ccc1-3)c1ccccc1. The Morgan fingerprint density at radius 1 is 0.719 bits per heavy atom. The van der Waals surface area contributed by atoms with Gasteiger partial charge in [0.05, 0.1) is 6.04 Å². The lowest BCUT2D eigenvalue weighted by atomic mass is 9.88. The minimum Gasteiger partial charge on any atom is -0.354 e. The zero-order valence-corrected chi connectivity index (χ0v) is 33.3. The van der Waals surface area contributed by atoms with Gasteiger partial charge < -0.3 is 20.1 Å². The lowest BCUT2D eigenvalue weighted by Crippen LogP contribution is -2.47. The van der Waals surface area contributed by atoms with Gasteiger partial charge in [-0.1, -0.05) is 72.8 Å². The summed E-state index contributed by atoms with van der Waals surface area (Å²) in [7, 11) is 7.62. The van der Waals surface area contributed by atoms with Crippen LogP contribution in [0, 0.1) is 0 Å². The van der Waals surface area contributed by atoms with Crippen molar-refractivity contribution >= 4 is 40.1 Å². The summed E-state index contributed by atoms with van der Waals surface area (Å²) in [6.07, 6.45) is 4.82. The minimum atomic E-state index is -0.525. The van der Waals surface area contributed by atoms with Crippen LogP contribution in [0.4, 0.5) is 5.69 Å². The maximum atomic E-state index is 13.9. The number of carbonyl (C=O) groups is 4. The molecule has 4 atom stereocenters. The molecule has 0 radical (unpaired) electrons. The molecule has 8 rings (SSSR count). The van der Waals surface area contributed by atoms with E-state index in [1.807, 2.05) is 111 Å². The van der Waals surface area contributed by atoms with Crippen molar-refractivity contribution in [2.24, 2.45) is 0 Å². The van der Waals surface area contributed by atoms with Crippen LogP contribution in [0.2, 0.25) is 0 Å². The fraction of sp³-hybridized carbons (Fsp3) is 0.362. The van der Waals surface area contributed by atoms with E-state index in [0.29, 0.717) is 25.9 Å². The second-order valence-corrected chi connectivity index (χ2v) is 16.3. The number of rotatable bonds is 11. The number of hydrogen-bond acceptors (Lipinski definition) is 6. The van der Waals surface area contributed by atoms with Gasteiger partial charge in [-0.05, 0) is 119 Å². The maximum Gasteiger partial charge on any atom is 0.247 e. The number of anilines is 1. The van der Waals surface area contributed by atoms with Crippen LogP contribution < -0.4 is 5.32 Å². The van der Waals surface area contributed by atoms with E-state index in [4.69, 9.17) is 0 Å². The molecule has 0 bridgehead atoms. The molecular weight excluding hydrogens is 713 g/mol. The Labute approximate surface area is 334 Å². The normalized spacial score (nSPS) is 18.8. The topological polar surface area (TPSA) is 109 Å². The summed E-state index contributed by atoms with van der Waals surface area (Å²) in [5.41, 5.74) is 9.09. The van der Waals surface area contributed by atoms with E-state index < -0.39 is 24.2 Å². The lowest BCUT2D eigenvalue weighted by Gasteiger charge is -2.31. The van der Waals surface area contributed by atoms with Gasteiger partial charge in [0.15, 0.2) is 5.78 Å². The molecular formula is C47H52N6O4. The molecule has 2 N–H and O–H groups in total. The third kappa shape index (κ3) is 7.51. The summed E-state index contributed by atoms with van der Waals surface area (Å²) in [5.74, 6) is -0.157. The van der Waals surface area contributed by atoms with Gasteiger partial charge >= 0.3 is 0 Å². The average molecular weight is 765 g/mol. The number of H-pyrrole nitrogens is 1. The summed E-state index contributed by atoms with van der Waals surface area (Å²) < 4.78 is 0. The molecule has 1 aromatic heterocycles. The maximum absolute atomic E-state index is 13.9. The summed E-state index contributed by atoms with van der Waals surface area (Å²) >= 11 is 0. The van der Waals surface area contributed by atoms with Gasteiger partial charge in [0.2, 0.25) is 17.7 Å². The van der Waals surface area contributed by atoms with Gasteiger partial charge in [0, 0.05) is 47.4 Å². The first kappa shape index (κ1) is 38.3. The number of nitrogens with zero attached hydrogens (tertiary/aromatic N) is 4. The van der Waals surface area contributed by atoms with E-state index in [1.54, 1.807) is 9.80 Å². The molecule has 2 fully saturated rings. The fourth-order valence-electron chi connectivity index (χ4n) is 9.40. The molecule has 2 saturated heterocycles. The van der Waals surface area contributed by atoms with Crippen LogP contribution in [-0.4, -0.2) is 101 Å². The number of likely N-dealkylation sites (tertiary alicyclic amines) is 2. The number of Topliss-reactive ketones (excluding diaryl/α,β-unsaturated/α-hetero) is 1. The minimum absolute atomic E-state index is 0.0220. The number of nitrogens with one attached hydrogen (secondary N) is 2. The van der Waals surface area contributed by atoms with E-state index >= 15 is 0 Å². The molecule has 3 aliphatic rings. The zero-order valence-electron chi connectivity index (χ0n) is 33.3. The fourth-order valence-corrected chi connectivity index (χ4v) is 9.40. The molecule has 1 aliphatic carbocycles. The van der Waals surface area contributed by atoms with Crippen molar-refractivity contribution in [3.63, 3.8) is 0 Å². The van der Waals surface area contributed by atoms with Gasteiger partial charge in [-0.15, -0.1) is 0 Å². The van der Waals surface area contributed by atoms with Crippen molar-refractivity contribution in [2.45, 2.75) is 69.1 Å². The highest BCUT2D eigenvalue weighted by Gasteiger charge is 2.40. The summed E-state index contributed by atoms with van der Waals surface area (Å²) in [6, 6.07) is 30.0. The van der Waals surface area contributed by atoms with Crippen molar-refractivity contribution in [1.82, 2.24) is 24.6 Å². The Balaban J connectivity index is 0.957. The second kappa shape index (κ2) is 16.1. The molecule has 57 heavy (non-hydrogen) atoms. The third-order valence-electron chi connectivity index (χ3n) is 12.1. The first-order chi connectivity index (χ1) is 27.6. The van der Waals surface area contributed by atoms with Crippen molar-refractivity contribution in [3.8, 4) is 11.3 Å². The van der Waals surface area contributed by atoms with Gasteiger partial charge in [-0.3, -0.25) is 29.0 Å². The van der Waals surface area contributed by atoms with Crippen LogP contribution in [0.15, 0.2) is 97.1 Å². The smallest absolute Gasteiger partial charge is 0.247 e. The molecule has 10 heteroatoms. The predicted octanol–water partition coefficient (Wildman–Crippen LogP) is 6.57. The molecule has 5 aromatic rings. The van der Waals surface area contributed by atoms with Crippen molar-refractivity contribution in [2.75, 3.05) is 46.6 Å². The molecule has 4 aromatic carbocycles. The van der Waals surface area contributed by atoms with Crippen molar-refractivity contribution in [3.05, 3.63) is 125 Å². The van der Waals surface area contributed by atoms with Gasteiger partial charge in [0.25, 0.3) is 0 Å². The number of hydrogen-bond donors (Lipinski definition) is 2. The number of aryl methyl sites for hydroxylation is 2. The van der Waals surface area contributed by atoms with Crippen molar-refractivity contribution < 1.29 is 19.2 Å². The molecule has 0 unspecified atom stereocenters.